The molecule has 0 fully saturated rings. The Morgan fingerprint density at radius 2 is 2.33 bits per heavy atom. The van der Waals surface area contributed by atoms with E-state index in [1.807, 2.05) is 6.21 Å². The summed E-state index contributed by atoms with van der Waals surface area (Å²) in [5, 5.41) is 6.36. The predicted molar refractivity (Wildman–Crippen MR) is 39.5 cm³/mol. The van der Waals surface area contributed by atoms with E-state index in [-0.39, 0.29) is 0 Å². The Kier molecular flexibility index (Phi) is 1.74. The molecule has 0 bridgehead atoms. The predicted octanol–water partition coefficient (Wildman–Crippen LogP) is 1.47. The van der Waals surface area contributed by atoms with Crippen LogP contribution < -0.4 is 0 Å². The van der Waals surface area contributed by atoms with Crippen molar-refractivity contribution in [3.63, 3.8) is 0 Å². The van der Waals surface area contributed by atoms with Crippen LogP contribution in [0.3, 0.4) is 0 Å². The maximum absolute atomic E-state index is 4.22. The summed E-state index contributed by atoms with van der Waals surface area (Å²) in [6, 6.07) is 1.17. The third kappa shape index (κ3) is 1.23. The van der Waals surface area contributed by atoms with Gasteiger partial charge in [-0.2, -0.15) is 5.10 Å². The first-order chi connectivity index (χ1) is 4.22. The normalized spacial score (nSPS) is 26.2. The zero-order valence-electron chi connectivity index (χ0n) is 6.33. The quantitative estimate of drug-likeness (QED) is 0.519. The van der Waals surface area contributed by atoms with E-state index in [2.05, 4.69) is 30.9 Å². The minimum Gasteiger partial charge on any atom is -0.292 e. The molecule has 0 saturated heterocycles. The van der Waals surface area contributed by atoms with Crippen LogP contribution in [0, 0.1) is 0 Å². The van der Waals surface area contributed by atoms with Gasteiger partial charge in [0.2, 0.25) is 0 Å². The van der Waals surface area contributed by atoms with Crippen LogP contribution in [-0.4, -0.2) is 23.3 Å². The van der Waals surface area contributed by atoms with E-state index in [0.29, 0.717) is 12.1 Å². The lowest BCUT2D eigenvalue weighted by Crippen LogP contribution is -2.29. The Morgan fingerprint density at radius 3 is 2.56 bits per heavy atom. The molecule has 0 aliphatic carbocycles. The van der Waals surface area contributed by atoms with Gasteiger partial charge in [-0.1, -0.05) is 0 Å². The van der Waals surface area contributed by atoms with Gasteiger partial charge in [-0.15, -0.1) is 0 Å². The fourth-order valence-electron chi connectivity index (χ4n) is 1.16. The fraction of sp³-hybridized carbons (Fsp3) is 0.857. The van der Waals surface area contributed by atoms with Crippen LogP contribution in [0.25, 0.3) is 0 Å². The van der Waals surface area contributed by atoms with Gasteiger partial charge < -0.3 is 0 Å². The molecule has 1 atom stereocenters. The van der Waals surface area contributed by atoms with E-state index in [1.54, 1.807) is 0 Å². The first-order valence-electron chi connectivity index (χ1n) is 3.52. The van der Waals surface area contributed by atoms with Crippen molar-refractivity contribution in [2.45, 2.75) is 39.3 Å². The van der Waals surface area contributed by atoms with E-state index in [1.165, 1.54) is 0 Å². The standard InChI is InChI=1S/C7H14N2/c1-6(2)9-7(3)4-5-8-9/h5-7H,4H2,1-3H3/t7-/m0/s1. The highest BCUT2D eigenvalue weighted by Crippen LogP contribution is 2.12. The lowest BCUT2D eigenvalue weighted by atomic mass is 10.2. The number of rotatable bonds is 1. The summed E-state index contributed by atoms with van der Waals surface area (Å²) in [5.41, 5.74) is 0. The van der Waals surface area contributed by atoms with Crippen LogP contribution in [0.1, 0.15) is 27.2 Å². The van der Waals surface area contributed by atoms with Crippen LogP contribution in [0.5, 0.6) is 0 Å². The molecule has 2 heteroatoms. The first-order valence-corrected chi connectivity index (χ1v) is 3.52. The molecule has 2 nitrogen and oxygen atoms in total. The highest BCUT2D eigenvalue weighted by molar-refractivity contribution is 5.59. The van der Waals surface area contributed by atoms with Gasteiger partial charge in [0.15, 0.2) is 0 Å². The summed E-state index contributed by atoms with van der Waals surface area (Å²) in [6.07, 6.45) is 3.10. The van der Waals surface area contributed by atoms with Crippen molar-refractivity contribution in [3.8, 4) is 0 Å². The van der Waals surface area contributed by atoms with Crippen molar-refractivity contribution in [1.82, 2.24) is 5.01 Å². The van der Waals surface area contributed by atoms with E-state index in [0.717, 1.165) is 6.42 Å². The Morgan fingerprint density at radius 1 is 1.67 bits per heavy atom. The highest BCUT2D eigenvalue weighted by Gasteiger charge is 2.17. The van der Waals surface area contributed by atoms with E-state index in [4.69, 9.17) is 0 Å². The van der Waals surface area contributed by atoms with Gasteiger partial charge in [-0.25, -0.2) is 0 Å². The molecule has 0 unspecified atom stereocenters. The third-order valence-electron chi connectivity index (χ3n) is 1.64. The summed E-state index contributed by atoms with van der Waals surface area (Å²) >= 11 is 0. The van der Waals surface area contributed by atoms with Crippen molar-refractivity contribution in [2.24, 2.45) is 5.10 Å². The van der Waals surface area contributed by atoms with Gasteiger partial charge in [-0.3, -0.25) is 5.01 Å². The fourth-order valence-corrected chi connectivity index (χ4v) is 1.16. The molecule has 0 aromatic rings. The zero-order valence-corrected chi connectivity index (χ0v) is 6.33. The van der Waals surface area contributed by atoms with Crippen molar-refractivity contribution in [2.75, 3.05) is 0 Å². The van der Waals surface area contributed by atoms with Crippen molar-refractivity contribution in [3.05, 3.63) is 0 Å². The van der Waals surface area contributed by atoms with Crippen molar-refractivity contribution < 1.29 is 0 Å². The molecular formula is C7H14N2. The van der Waals surface area contributed by atoms with E-state index < -0.39 is 0 Å². The molecule has 1 rings (SSSR count). The molecule has 52 valence electrons. The van der Waals surface area contributed by atoms with Crippen LogP contribution in [0.2, 0.25) is 0 Å². The Balaban J connectivity index is 2.49. The molecule has 1 heterocycles. The molecule has 0 amide bonds. The monoisotopic (exact) mass is 126 g/mol. The SMILES string of the molecule is CC(C)N1N=CC[C@@H]1C. The van der Waals surface area contributed by atoms with Crippen molar-refractivity contribution in [1.29, 1.82) is 0 Å². The van der Waals surface area contributed by atoms with Gasteiger partial charge >= 0.3 is 0 Å². The number of hydrazone groups is 1. The molecule has 9 heavy (non-hydrogen) atoms. The van der Waals surface area contributed by atoms with Gasteiger partial charge in [-0.05, 0) is 20.8 Å². The second-order valence-electron chi connectivity index (χ2n) is 2.86. The highest BCUT2D eigenvalue weighted by atomic mass is 15.5. The Hall–Kier alpha value is -0.530. The van der Waals surface area contributed by atoms with Crippen LogP contribution >= 0.6 is 0 Å². The topological polar surface area (TPSA) is 15.6 Å². The lowest BCUT2D eigenvalue weighted by Gasteiger charge is -2.23. The summed E-state index contributed by atoms with van der Waals surface area (Å²) in [7, 11) is 0. The Labute approximate surface area is 56.5 Å². The van der Waals surface area contributed by atoms with Gasteiger partial charge in [0.05, 0.1) is 0 Å². The van der Waals surface area contributed by atoms with Gasteiger partial charge in [0.25, 0.3) is 0 Å². The maximum Gasteiger partial charge on any atom is 0.0495 e. The minimum atomic E-state index is 0.554. The van der Waals surface area contributed by atoms with Crippen LogP contribution in [-0.2, 0) is 0 Å². The van der Waals surface area contributed by atoms with Crippen LogP contribution in [0.4, 0.5) is 0 Å². The average molecular weight is 126 g/mol. The summed E-state index contributed by atoms with van der Waals surface area (Å²) < 4.78 is 0. The molecule has 0 radical (unpaired) electrons. The molecule has 0 aromatic carbocycles. The van der Waals surface area contributed by atoms with E-state index >= 15 is 0 Å². The molecule has 1 aliphatic heterocycles. The number of hydrogen-bond acceptors (Lipinski definition) is 2. The van der Waals surface area contributed by atoms with Gasteiger partial charge in [0.1, 0.15) is 0 Å². The minimum absolute atomic E-state index is 0.554. The summed E-state index contributed by atoms with van der Waals surface area (Å²) in [6.45, 7) is 6.53. The second-order valence-corrected chi connectivity index (χ2v) is 2.86. The number of hydrogen-bond donors (Lipinski definition) is 0. The lowest BCUT2D eigenvalue weighted by molar-refractivity contribution is 0.195. The maximum atomic E-state index is 4.22. The smallest absolute Gasteiger partial charge is 0.0495 e. The molecular weight excluding hydrogens is 112 g/mol. The second kappa shape index (κ2) is 2.38. The molecule has 0 aromatic heterocycles. The third-order valence-corrected chi connectivity index (χ3v) is 1.64. The largest absolute Gasteiger partial charge is 0.292 e. The average Bonchev–Trinajstić information content (AvgIpc) is 2.13. The zero-order chi connectivity index (χ0) is 6.85. The molecule has 0 spiro atoms. The molecule has 0 N–H and O–H groups in total. The Bertz CT molecular complexity index is 118. The van der Waals surface area contributed by atoms with Gasteiger partial charge in [0, 0.05) is 24.7 Å². The first kappa shape index (κ1) is 6.59. The summed E-state index contributed by atoms with van der Waals surface area (Å²) in [4.78, 5) is 0. The molecule has 1 aliphatic rings. The van der Waals surface area contributed by atoms with Crippen molar-refractivity contribution >= 4 is 6.21 Å². The molecule has 0 saturated carbocycles. The van der Waals surface area contributed by atoms with Crippen LogP contribution in [0.15, 0.2) is 5.10 Å². The van der Waals surface area contributed by atoms with E-state index in [9.17, 15) is 0 Å². The summed E-state index contributed by atoms with van der Waals surface area (Å²) in [5.74, 6) is 0. The number of nitrogens with zero attached hydrogens (tertiary/aromatic N) is 2.